The molecule has 0 radical (unpaired) electrons. The van der Waals surface area contributed by atoms with E-state index in [9.17, 15) is 4.79 Å². The van der Waals surface area contributed by atoms with E-state index in [0.717, 1.165) is 16.8 Å². The van der Waals surface area contributed by atoms with Crippen LogP contribution in [-0.2, 0) is 0 Å². The number of hydrogen-bond acceptors (Lipinski definition) is 4. The Balaban J connectivity index is 1.71. The summed E-state index contributed by atoms with van der Waals surface area (Å²) in [5.74, 6) is 0.0701. The molecule has 0 atom stereocenters. The molecule has 0 fully saturated rings. The summed E-state index contributed by atoms with van der Waals surface area (Å²) in [4.78, 5) is 20.7. The molecule has 1 heterocycles. The maximum absolute atomic E-state index is 12.4. The van der Waals surface area contributed by atoms with Crippen molar-refractivity contribution in [2.75, 3.05) is 10.6 Å². The van der Waals surface area contributed by atoms with Crippen LogP contribution in [0, 0.1) is 13.8 Å². The highest BCUT2D eigenvalue weighted by Crippen LogP contribution is 2.24. The van der Waals surface area contributed by atoms with Gasteiger partial charge in [0, 0.05) is 33.8 Å². The van der Waals surface area contributed by atoms with Crippen LogP contribution in [0.2, 0.25) is 10.0 Å². The van der Waals surface area contributed by atoms with Crippen LogP contribution in [-0.4, -0.2) is 15.9 Å². The Hall–Kier alpha value is -2.63. The maximum atomic E-state index is 12.4. The minimum absolute atomic E-state index is 0.305. The number of nitrogens with one attached hydrogen (secondary N) is 2. The SMILES string of the molecule is Cc1ccc(Nc2ncc(C(=O)Nc3cccc(Cl)c3C)cn2)cc1Cl. The Morgan fingerprint density at radius 1 is 1.00 bits per heavy atom. The molecular weight excluding hydrogens is 371 g/mol. The topological polar surface area (TPSA) is 66.9 Å². The lowest BCUT2D eigenvalue weighted by Gasteiger charge is -2.10. The van der Waals surface area contributed by atoms with Gasteiger partial charge in [-0.2, -0.15) is 0 Å². The zero-order chi connectivity index (χ0) is 18.7. The van der Waals surface area contributed by atoms with Crippen molar-refractivity contribution in [3.05, 3.63) is 75.5 Å². The van der Waals surface area contributed by atoms with E-state index in [-0.39, 0.29) is 5.91 Å². The Bertz CT molecular complexity index is 958. The molecule has 0 aliphatic carbocycles. The van der Waals surface area contributed by atoms with Gasteiger partial charge in [-0.05, 0) is 49.2 Å². The van der Waals surface area contributed by atoms with Gasteiger partial charge in [0.15, 0.2) is 0 Å². The molecule has 2 N–H and O–H groups in total. The minimum atomic E-state index is -0.305. The van der Waals surface area contributed by atoms with Crippen LogP contribution in [0.1, 0.15) is 21.5 Å². The Morgan fingerprint density at radius 3 is 2.42 bits per heavy atom. The van der Waals surface area contributed by atoms with E-state index in [4.69, 9.17) is 23.2 Å². The number of aryl methyl sites for hydroxylation is 1. The summed E-state index contributed by atoms with van der Waals surface area (Å²) < 4.78 is 0. The highest BCUT2D eigenvalue weighted by Gasteiger charge is 2.10. The smallest absolute Gasteiger partial charge is 0.258 e. The number of nitrogens with zero attached hydrogens (tertiary/aromatic N) is 2. The Labute approximate surface area is 161 Å². The van der Waals surface area contributed by atoms with Crippen LogP contribution in [0.15, 0.2) is 48.8 Å². The van der Waals surface area contributed by atoms with Gasteiger partial charge in [0.25, 0.3) is 5.91 Å². The molecule has 7 heteroatoms. The van der Waals surface area contributed by atoms with Crippen LogP contribution in [0.5, 0.6) is 0 Å². The van der Waals surface area contributed by atoms with E-state index in [1.165, 1.54) is 12.4 Å². The summed E-state index contributed by atoms with van der Waals surface area (Å²) in [6.07, 6.45) is 2.92. The molecule has 0 saturated heterocycles. The van der Waals surface area contributed by atoms with E-state index < -0.39 is 0 Å². The monoisotopic (exact) mass is 386 g/mol. The molecule has 3 aromatic rings. The number of carbonyl (C=O) groups excluding carboxylic acids is 1. The minimum Gasteiger partial charge on any atom is -0.324 e. The third-order valence-corrected chi connectivity index (χ3v) is 4.67. The Kier molecular flexibility index (Phi) is 5.40. The molecule has 1 aromatic heterocycles. The first-order valence-corrected chi connectivity index (χ1v) is 8.61. The molecule has 26 heavy (non-hydrogen) atoms. The highest BCUT2D eigenvalue weighted by atomic mass is 35.5. The second kappa shape index (κ2) is 7.72. The molecule has 0 spiro atoms. The van der Waals surface area contributed by atoms with Gasteiger partial charge >= 0.3 is 0 Å². The number of amides is 1. The van der Waals surface area contributed by atoms with Crippen LogP contribution < -0.4 is 10.6 Å². The third kappa shape index (κ3) is 4.12. The number of rotatable bonds is 4. The lowest BCUT2D eigenvalue weighted by molar-refractivity contribution is 0.102. The first-order chi connectivity index (χ1) is 12.4. The fraction of sp³-hybridized carbons (Fsp3) is 0.105. The quantitative estimate of drug-likeness (QED) is 0.629. The number of anilines is 3. The van der Waals surface area contributed by atoms with Gasteiger partial charge in [-0.3, -0.25) is 4.79 Å². The van der Waals surface area contributed by atoms with Crippen molar-refractivity contribution in [2.24, 2.45) is 0 Å². The molecule has 5 nitrogen and oxygen atoms in total. The van der Waals surface area contributed by atoms with Gasteiger partial charge in [-0.25, -0.2) is 9.97 Å². The van der Waals surface area contributed by atoms with Crippen LogP contribution >= 0.6 is 23.2 Å². The van der Waals surface area contributed by atoms with Gasteiger partial charge in [-0.15, -0.1) is 0 Å². The molecule has 0 saturated carbocycles. The van der Waals surface area contributed by atoms with Gasteiger partial charge < -0.3 is 10.6 Å². The van der Waals surface area contributed by atoms with Gasteiger partial charge in [0.2, 0.25) is 5.95 Å². The van der Waals surface area contributed by atoms with Gasteiger partial charge in [0.1, 0.15) is 0 Å². The molecule has 0 bridgehead atoms. The summed E-state index contributed by atoms with van der Waals surface area (Å²) in [6.45, 7) is 3.77. The summed E-state index contributed by atoms with van der Waals surface area (Å²) in [7, 11) is 0. The number of hydrogen-bond donors (Lipinski definition) is 2. The van der Waals surface area contributed by atoms with Crippen molar-refractivity contribution in [2.45, 2.75) is 13.8 Å². The summed E-state index contributed by atoms with van der Waals surface area (Å²) in [5.41, 5.74) is 3.56. The summed E-state index contributed by atoms with van der Waals surface area (Å²) in [6, 6.07) is 10.9. The van der Waals surface area contributed by atoms with Crippen molar-refractivity contribution in [1.82, 2.24) is 9.97 Å². The Morgan fingerprint density at radius 2 is 1.73 bits per heavy atom. The van der Waals surface area contributed by atoms with E-state index >= 15 is 0 Å². The maximum Gasteiger partial charge on any atom is 0.258 e. The molecule has 2 aromatic carbocycles. The van der Waals surface area contributed by atoms with Crippen molar-refractivity contribution in [3.63, 3.8) is 0 Å². The fourth-order valence-corrected chi connectivity index (χ4v) is 2.60. The largest absolute Gasteiger partial charge is 0.324 e. The van der Waals surface area contributed by atoms with Crippen molar-refractivity contribution >= 4 is 46.4 Å². The van der Waals surface area contributed by atoms with Gasteiger partial charge in [-0.1, -0.05) is 35.3 Å². The van der Waals surface area contributed by atoms with Crippen LogP contribution in [0.25, 0.3) is 0 Å². The van der Waals surface area contributed by atoms with Crippen molar-refractivity contribution in [3.8, 4) is 0 Å². The lowest BCUT2D eigenvalue weighted by Crippen LogP contribution is -2.14. The van der Waals surface area contributed by atoms with Crippen LogP contribution in [0.3, 0.4) is 0 Å². The summed E-state index contributed by atoms with van der Waals surface area (Å²) in [5, 5.41) is 7.11. The number of benzene rings is 2. The molecular formula is C19H16Cl2N4O. The van der Waals surface area contributed by atoms with E-state index in [2.05, 4.69) is 20.6 Å². The second-order valence-electron chi connectivity index (χ2n) is 5.75. The predicted molar refractivity (Wildman–Crippen MR) is 106 cm³/mol. The normalized spacial score (nSPS) is 10.5. The van der Waals surface area contributed by atoms with Crippen molar-refractivity contribution < 1.29 is 4.79 Å². The first-order valence-electron chi connectivity index (χ1n) is 7.86. The standard InChI is InChI=1S/C19H16Cl2N4O/c1-11-6-7-14(8-16(11)21)24-19-22-9-13(10-23-19)18(26)25-17-5-3-4-15(20)12(17)2/h3-10H,1-2H3,(H,25,26)(H,22,23,24). The van der Waals surface area contributed by atoms with Gasteiger partial charge in [0.05, 0.1) is 5.56 Å². The summed E-state index contributed by atoms with van der Waals surface area (Å²) >= 11 is 12.2. The predicted octanol–water partition coefficient (Wildman–Crippen LogP) is 5.40. The molecule has 0 unspecified atom stereocenters. The number of halogens is 2. The molecule has 0 aliphatic rings. The van der Waals surface area contributed by atoms with E-state index in [0.29, 0.717) is 27.2 Å². The zero-order valence-corrected chi connectivity index (χ0v) is 15.7. The highest BCUT2D eigenvalue weighted by molar-refractivity contribution is 6.32. The second-order valence-corrected chi connectivity index (χ2v) is 6.57. The first kappa shape index (κ1) is 18.2. The number of carbonyl (C=O) groups is 1. The number of aromatic nitrogens is 2. The van der Waals surface area contributed by atoms with E-state index in [1.807, 2.05) is 26.0 Å². The molecule has 0 aliphatic heterocycles. The van der Waals surface area contributed by atoms with Crippen molar-refractivity contribution in [1.29, 1.82) is 0 Å². The molecule has 132 valence electrons. The van der Waals surface area contributed by atoms with Crippen LogP contribution in [0.4, 0.5) is 17.3 Å². The molecule has 3 rings (SSSR count). The van der Waals surface area contributed by atoms with E-state index in [1.54, 1.807) is 24.3 Å². The third-order valence-electron chi connectivity index (χ3n) is 3.86. The average Bonchev–Trinajstić information content (AvgIpc) is 2.63. The molecule has 1 amide bonds. The average molecular weight is 387 g/mol. The zero-order valence-electron chi connectivity index (χ0n) is 14.2. The lowest BCUT2D eigenvalue weighted by atomic mass is 10.2. The fourth-order valence-electron chi connectivity index (χ4n) is 2.25.